The summed E-state index contributed by atoms with van der Waals surface area (Å²) >= 11 is 0.796. The van der Waals surface area contributed by atoms with Gasteiger partial charge in [0.2, 0.25) is 5.91 Å². The van der Waals surface area contributed by atoms with Gasteiger partial charge in [-0.05, 0) is 70.8 Å². The number of thioether (sulfide) groups is 1. The number of rotatable bonds is 8. The van der Waals surface area contributed by atoms with E-state index in [9.17, 15) is 19.2 Å². The van der Waals surface area contributed by atoms with Gasteiger partial charge in [0.25, 0.3) is 11.1 Å². The van der Waals surface area contributed by atoms with Gasteiger partial charge in [-0.15, -0.1) is 0 Å². The molecule has 2 aliphatic heterocycles. The Morgan fingerprint density at radius 3 is 2.48 bits per heavy atom. The van der Waals surface area contributed by atoms with Crippen LogP contribution in [0.4, 0.5) is 4.79 Å². The van der Waals surface area contributed by atoms with Gasteiger partial charge >= 0.3 is 5.97 Å². The van der Waals surface area contributed by atoms with Crippen LogP contribution < -0.4 is 9.47 Å². The number of carboxylic acid groups (broad SMARTS) is 1. The van der Waals surface area contributed by atoms with Crippen molar-refractivity contribution in [3.05, 3.63) is 99.5 Å². The molecule has 9 nitrogen and oxygen atoms in total. The maximum absolute atomic E-state index is 13.0. The molecule has 3 aromatic carbocycles. The third-order valence-electron chi connectivity index (χ3n) is 6.73. The maximum atomic E-state index is 13.0. The minimum Gasteiger partial charge on any atom is -0.493 e. The Bertz CT molecular complexity index is 1520. The molecule has 0 radical (unpaired) electrons. The van der Waals surface area contributed by atoms with E-state index in [1.165, 1.54) is 24.8 Å². The number of amides is 3. The van der Waals surface area contributed by atoms with Crippen LogP contribution >= 0.6 is 11.8 Å². The van der Waals surface area contributed by atoms with E-state index in [1.807, 2.05) is 24.3 Å². The minimum atomic E-state index is -0.998. The summed E-state index contributed by atoms with van der Waals surface area (Å²) in [6.45, 7) is 0.908. The van der Waals surface area contributed by atoms with Crippen LogP contribution in [0.2, 0.25) is 0 Å². The summed E-state index contributed by atoms with van der Waals surface area (Å²) in [7, 11) is 1.49. The zero-order valence-electron chi connectivity index (χ0n) is 21.7. The molecule has 5 rings (SSSR count). The number of hydrogen-bond donors (Lipinski definition) is 1. The first-order chi connectivity index (χ1) is 19.3. The molecule has 40 heavy (non-hydrogen) atoms. The summed E-state index contributed by atoms with van der Waals surface area (Å²) < 4.78 is 11.3. The van der Waals surface area contributed by atoms with Crippen LogP contribution in [0.15, 0.2) is 71.6 Å². The van der Waals surface area contributed by atoms with Crippen molar-refractivity contribution in [1.29, 1.82) is 0 Å². The number of hydrogen-bond acceptors (Lipinski definition) is 7. The molecule has 2 aliphatic rings. The minimum absolute atomic E-state index is 0.191. The first kappa shape index (κ1) is 27.0. The summed E-state index contributed by atoms with van der Waals surface area (Å²) in [4.78, 5) is 52.5. The van der Waals surface area contributed by atoms with Crippen molar-refractivity contribution in [1.82, 2.24) is 9.80 Å². The molecule has 204 valence electrons. The average molecular weight is 559 g/mol. The molecule has 0 saturated carbocycles. The molecule has 2 heterocycles. The summed E-state index contributed by atoms with van der Waals surface area (Å²) in [6, 6.07) is 19.4. The number of ether oxygens (including phenoxy) is 2. The van der Waals surface area contributed by atoms with Crippen molar-refractivity contribution in [2.24, 2.45) is 0 Å². The Hall–Kier alpha value is -4.57. The Morgan fingerprint density at radius 2 is 1.75 bits per heavy atom. The normalized spacial score (nSPS) is 15.8. The van der Waals surface area contributed by atoms with Crippen molar-refractivity contribution < 1.29 is 33.8 Å². The number of carboxylic acids is 1. The molecule has 3 aromatic rings. The van der Waals surface area contributed by atoms with Gasteiger partial charge in [-0.2, -0.15) is 0 Å². The molecule has 1 saturated heterocycles. The summed E-state index contributed by atoms with van der Waals surface area (Å²) in [6.07, 6.45) is 2.33. The van der Waals surface area contributed by atoms with Crippen LogP contribution in [0.1, 0.15) is 32.6 Å². The zero-order valence-corrected chi connectivity index (χ0v) is 22.5. The fourth-order valence-electron chi connectivity index (χ4n) is 4.53. The monoisotopic (exact) mass is 558 g/mol. The number of fused-ring (bicyclic) bond motifs is 1. The summed E-state index contributed by atoms with van der Waals surface area (Å²) in [5, 5.41) is 8.55. The van der Waals surface area contributed by atoms with Crippen LogP contribution in [-0.2, 0) is 29.2 Å². The molecule has 0 aliphatic carbocycles. The topological polar surface area (TPSA) is 113 Å². The van der Waals surface area contributed by atoms with E-state index in [2.05, 4.69) is 0 Å². The van der Waals surface area contributed by atoms with E-state index in [-0.39, 0.29) is 29.5 Å². The van der Waals surface area contributed by atoms with Gasteiger partial charge in [-0.1, -0.05) is 42.5 Å². The number of carbonyl (C=O) groups is 4. The molecule has 0 spiro atoms. The fourth-order valence-corrected chi connectivity index (χ4v) is 5.37. The van der Waals surface area contributed by atoms with Crippen LogP contribution in [0.5, 0.6) is 11.5 Å². The SMILES string of the molecule is COc1cc(/C=C2\SC(=O)N(CC(=O)N3CCc4ccccc4C3)C2=O)ccc1OCc1ccc(C(=O)O)cc1. The molecule has 0 unspecified atom stereocenters. The van der Waals surface area contributed by atoms with Crippen LogP contribution in [0.3, 0.4) is 0 Å². The Kier molecular flexibility index (Phi) is 7.88. The number of nitrogens with zero attached hydrogens (tertiary/aromatic N) is 2. The van der Waals surface area contributed by atoms with Crippen LogP contribution in [0.25, 0.3) is 6.08 Å². The molecular formula is C30H26N2O7S. The van der Waals surface area contributed by atoms with E-state index >= 15 is 0 Å². The molecule has 0 aromatic heterocycles. The molecule has 3 amide bonds. The number of carbonyl (C=O) groups excluding carboxylic acids is 3. The Labute approximate surface area is 235 Å². The predicted octanol–water partition coefficient (Wildman–Crippen LogP) is 4.59. The van der Waals surface area contributed by atoms with E-state index in [0.717, 1.165) is 34.2 Å². The third kappa shape index (κ3) is 5.86. The van der Waals surface area contributed by atoms with E-state index in [0.29, 0.717) is 30.2 Å². The first-order valence-electron chi connectivity index (χ1n) is 12.6. The molecule has 10 heteroatoms. The largest absolute Gasteiger partial charge is 0.493 e. The highest BCUT2D eigenvalue weighted by Crippen LogP contribution is 2.35. The predicted molar refractivity (Wildman–Crippen MR) is 149 cm³/mol. The maximum Gasteiger partial charge on any atom is 0.335 e. The summed E-state index contributed by atoms with van der Waals surface area (Å²) in [5.74, 6) is -0.884. The molecule has 1 fully saturated rings. The number of imide groups is 1. The van der Waals surface area contributed by atoms with E-state index in [4.69, 9.17) is 14.6 Å². The van der Waals surface area contributed by atoms with Crippen molar-refractivity contribution >= 4 is 40.9 Å². The first-order valence-corrected chi connectivity index (χ1v) is 13.4. The quantitative estimate of drug-likeness (QED) is 0.400. The van der Waals surface area contributed by atoms with Crippen molar-refractivity contribution in [2.75, 3.05) is 20.2 Å². The second-order valence-corrected chi connectivity index (χ2v) is 10.3. The standard InChI is InChI=1S/C30H26N2O7S/c1-38-25-14-20(8-11-24(25)39-18-19-6-9-22(10-7-19)29(35)36)15-26-28(34)32(30(37)40-26)17-27(33)31-13-12-21-4-2-3-5-23(21)16-31/h2-11,14-15H,12-13,16-18H2,1H3,(H,35,36)/b26-15-. The van der Waals surface area contributed by atoms with Gasteiger partial charge in [0.15, 0.2) is 11.5 Å². The summed E-state index contributed by atoms with van der Waals surface area (Å²) in [5.41, 5.74) is 3.89. The number of methoxy groups -OCH3 is 1. The Balaban J connectivity index is 1.23. The van der Waals surface area contributed by atoms with E-state index < -0.39 is 17.1 Å². The lowest BCUT2D eigenvalue weighted by Crippen LogP contribution is -2.44. The fraction of sp³-hybridized carbons (Fsp3) is 0.200. The molecule has 1 N–H and O–H groups in total. The van der Waals surface area contributed by atoms with Crippen molar-refractivity contribution in [2.45, 2.75) is 19.6 Å². The number of benzene rings is 3. The van der Waals surface area contributed by atoms with E-state index in [1.54, 1.807) is 41.3 Å². The van der Waals surface area contributed by atoms with Crippen molar-refractivity contribution in [3.63, 3.8) is 0 Å². The van der Waals surface area contributed by atoms with Gasteiger partial charge in [0.05, 0.1) is 17.6 Å². The smallest absolute Gasteiger partial charge is 0.335 e. The van der Waals surface area contributed by atoms with Gasteiger partial charge in [-0.3, -0.25) is 19.3 Å². The van der Waals surface area contributed by atoms with Gasteiger partial charge in [-0.25, -0.2) is 4.79 Å². The van der Waals surface area contributed by atoms with Crippen LogP contribution in [-0.4, -0.2) is 58.1 Å². The van der Waals surface area contributed by atoms with Gasteiger partial charge in [0, 0.05) is 13.1 Å². The second kappa shape index (κ2) is 11.7. The highest BCUT2D eigenvalue weighted by molar-refractivity contribution is 8.18. The van der Waals surface area contributed by atoms with Crippen molar-refractivity contribution in [3.8, 4) is 11.5 Å². The number of aromatic carboxylic acids is 1. The zero-order chi connectivity index (χ0) is 28.2. The molecular weight excluding hydrogens is 532 g/mol. The van der Waals surface area contributed by atoms with Gasteiger partial charge < -0.3 is 19.5 Å². The third-order valence-corrected chi connectivity index (χ3v) is 7.64. The van der Waals surface area contributed by atoms with Crippen LogP contribution in [0, 0.1) is 0 Å². The molecule has 0 atom stereocenters. The lowest BCUT2D eigenvalue weighted by atomic mass is 10.00. The van der Waals surface area contributed by atoms with Gasteiger partial charge in [0.1, 0.15) is 13.2 Å². The lowest BCUT2D eigenvalue weighted by Gasteiger charge is -2.29. The molecule has 0 bridgehead atoms. The second-order valence-electron chi connectivity index (χ2n) is 9.30. The highest BCUT2D eigenvalue weighted by atomic mass is 32.2. The average Bonchev–Trinajstić information content (AvgIpc) is 3.23. The lowest BCUT2D eigenvalue weighted by molar-refractivity contribution is -0.136. The Morgan fingerprint density at radius 1 is 1.00 bits per heavy atom. The highest BCUT2D eigenvalue weighted by Gasteiger charge is 2.37.